The molecule has 1 aliphatic heterocycles. The number of nitrogens with zero attached hydrogens (tertiary/aromatic N) is 1. The molecule has 0 aromatic rings. The third-order valence-corrected chi connectivity index (χ3v) is 2.08. The largest absolute Gasteiger partial charge is 0.458 e. The molecule has 0 fully saturated rings. The summed E-state index contributed by atoms with van der Waals surface area (Å²) in [6, 6.07) is -0.164. The van der Waals surface area contributed by atoms with E-state index >= 15 is 0 Å². The first-order valence-corrected chi connectivity index (χ1v) is 4.87. The van der Waals surface area contributed by atoms with Gasteiger partial charge in [-0.2, -0.15) is 0 Å². The predicted octanol–water partition coefficient (Wildman–Crippen LogP) is 0.111. The smallest absolute Gasteiger partial charge is 0.329 e. The first-order valence-electron chi connectivity index (χ1n) is 4.87. The maximum Gasteiger partial charge on any atom is 0.329 e. The third kappa shape index (κ3) is 3.79. The van der Waals surface area contributed by atoms with Crippen LogP contribution in [0.5, 0.6) is 0 Å². The van der Waals surface area contributed by atoms with Crippen molar-refractivity contribution in [2.75, 3.05) is 34.3 Å². The number of carbonyl (C=O) groups excluding carboxylic acids is 1. The molecule has 1 N–H and O–H groups in total. The fourth-order valence-corrected chi connectivity index (χ4v) is 1.14. The molecule has 1 rings (SSSR count). The Morgan fingerprint density at radius 2 is 2.29 bits per heavy atom. The lowest BCUT2D eigenvalue weighted by molar-refractivity contribution is -0.870. The van der Waals surface area contributed by atoms with Crippen LogP contribution in [0, 0.1) is 0 Å². The van der Waals surface area contributed by atoms with Crippen molar-refractivity contribution in [1.82, 2.24) is 5.32 Å². The number of carbonyl (C=O) groups is 1. The average Bonchev–Trinajstić information content (AvgIpc) is 2.53. The summed E-state index contributed by atoms with van der Waals surface area (Å²) in [6.45, 7) is 1.33. The van der Waals surface area contributed by atoms with Crippen LogP contribution in [0.2, 0.25) is 0 Å². The average molecular weight is 199 g/mol. The Hall–Kier alpha value is -1.03. The van der Waals surface area contributed by atoms with Crippen molar-refractivity contribution in [1.29, 1.82) is 0 Å². The van der Waals surface area contributed by atoms with Gasteiger partial charge < -0.3 is 14.5 Å². The summed E-state index contributed by atoms with van der Waals surface area (Å²) in [4.78, 5) is 11.4. The molecule has 4 nitrogen and oxygen atoms in total. The van der Waals surface area contributed by atoms with E-state index in [1.165, 1.54) is 0 Å². The van der Waals surface area contributed by atoms with E-state index in [1.54, 1.807) is 6.20 Å². The molecule has 1 aliphatic rings. The van der Waals surface area contributed by atoms with Crippen LogP contribution >= 0.6 is 0 Å². The highest BCUT2D eigenvalue weighted by Gasteiger charge is 2.20. The van der Waals surface area contributed by atoms with Gasteiger partial charge >= 0.3 is 5.97 Å². The SMILES string of the molecule is C[N+](C)(C)CCOC(=O)C1CC=CN1. The number of rotatable bonds is 4. The molecular weight excluding hydrogens is 180 g/mol. The van der Waals surface area contributed by atoms with Crippen LogP contribution in [0.25, 0.3) is 0 Å². The van der Waals surface area contributed by atoms with Crippen LogP contribution in [0.1, 0.15) is 6.42 Å². The topological polar surface area (TPSA) is 38.3 Å². The molecule has 4 heteroatoms. The molecule has 14 heavy (non-hydrogen) atoms. The molecule has 0 amide bonds. The summed E-state index contributed by atoms with van der Waals surface area (Å²) in [5.74, 6) is -0.150. The quantitative estimate of drug-likeness (QED) is 0.516. The first kappa shape index (κ1) is 11.0. The van der Waals surface area contributed by atoms with Crippen LogP contribution in [-0.4, -0.2) is 50.8 Å². The van der Waals surface area contributed by atoms with E-state index in [0.29, 0.717) is 6.61 Å². The van der Waals surface area contributed by atoms with Gasteiger partial charge in [0.25, 0.3) is 0 Å². The second-order valence-electron chi connectivity index (χ2n) is 4.54. The molecule has 0 saturated heterocycles. The number of ether oxygens (including phenoxy) is 1. The van der Waals surface area contributed by atoms with Crippen LogP contribution in [0.15, 0.2) is 12.3 Å². The van der Waals surface area contributed by atoms with E-state index in [9.17, 15) is 4.79 Å². The van der Waals surface area contributed by atoms with Gasteiger partial charge in [0.2, 0.25) is 0 Å². The van der Waals surface area contributed by atoms with E-state index in [1.807, 2.05) is 6.08 Å². The minimum absolute atomic E-state index is 0.150. The number of quaternary nitrogens is 1. The van der Waals surface area contributed by atoms with E-state index in [-0.39, 0.29) is 12.0 Å². The van der Waals surface area contributed by atoms with Gasteiger partial charge in [-0.3, -0.25) is 0 Å². The van der Waals surface area contributed by atoms with Gasteiger partial charge in [-0.1, -0.05) is 6.08 Å². The van der Waals surface area contributed by atoms with Crippen LogP contribution in [0.3, 0.4) is 0 Å². The second kappa shape index (κ2) is 4.46. The van der Waals surface area contributed by atoms with Crippen molar-refractivity contribution in [3.8, 4) is 0 Å². The first-order chi connectivity index (χ1) is 6.49. The number of likely N-dealkylation sites (N-methyl/N-ethyl adjacent to an activating group) is 1. The second-order valence-corrected chi connectivity index (χ2v) is 4.54. The summed E-state index contributed by atoms with van der Waals surface area (Å²) >= 11 is 0. The zero-order chi connectivity index (χ0) is 10.6. The van der Waals surface area contributed by atoms with Gasteiger partial charge in [0.1, 0.15) is 19.2 Å². The number of hydrogen-bond donors (Lipinski definition) is 1. The molecule has 1 atom stereocenters. The zero-order valence-electron chi connectivity index (χ0n) is 9.12. The fraction of sp³-hybridized carbons (Fsp3) is 0.700. The molecule has 0 spiro atoms. The number of nitrogens with one attached hydrogen (secondary N) is 1. The van der Waals surface area contributed by atoms with Gasteiger partial charge in [-0.15, -0.1) is 0 Å². The predicted molar refractivity (Wildman–Crippen MR) is 54.5 cm³/mol. The third-order valence-electron chi connectivity index (χ3n) is 2.08. The van der Waals surface area contributed by atoms with E-state index < -0.39 is 0 Å². The molecule has 0 bridgehead atoms. The summed E-state index contributed by atoms with van der Waals surface area (Å²) in [5, 5.41) is 2.94. The van der Waals surface area contributed by atoms with Crippen molar-refractivity contribution in [3.05, 3.63) is 12.3 Å². The van der Waals surface area contributed by atoms with Crippen LogP contribution in [0.4, 0.5) is 0 Å². The molecule has 0 saturated carbocycles. The Morgan fingerprint density at radius 1 is 1.57 bits per heavy atom. The summed E-state index contributed by atoms with van der Waals surface area (Å²) in [7, 11) is 6.22. The highest BCUT2D eigenvalue weighted by molar-refractivity contribution is 5.76. The van der Waals surface area contributed by atoms with Gasteiger partial charge in [0, 0.05) is 0 Å². The van der Waals surface area contributed by atoms with E-state index in [2.05, 4.69) is 26.5 Å². The van der Waals surface area contributed by atoms with Crippen molar-refractivity contribution < 1.29 is 14.0 Å². The normalized spacial score (nSPS) is 20.6. The van der Waals surface area contributed by atoms with Gasteiger partial charge in [0.05, 0.1) is 21.1 Å². The van der Waals surface area contributed by atoms with Crippen molar-refractivity contribution in [2.45, 2.75) is 12.5 Å². The molecule has 1 unspecified atom stereocenters. The van der Waals surface area contributed by atoms with Gasteiger partial charge in [-0.25, -0.2) is 4.79 Å². The highest BCUT2D eigenvalue weighted by atomic mass is 16.5. The molecule has 1 heterocycles. The van der Waals surface area contributed by atoms with Crippen molar-refractivity contribution in [3.63, 3.8) is 0 Å². The van der Waals surface area contributed by atoms with Crippen LogP contribution in [-0.2, 0) is 9.53 Å². The maximum atomic E-state index is 11.4. The fourth-order valence-electron chi connectivity index (χ4n) is 1.14. The highest BCUT2D eigenvalue weighted by Crippen LogP contribution is 2.03. The van der Waals surface area contributed by atoms with Crippen molar-refractivity contribution in [2.24, 2.45) is 0 Å². The Morgan fingerprint density at radius 3 is 2.79 bits per heavy atom. The zero-order valence-corrected chi connectivity index (χ0v) is 9.12. The van der Waals surface area contributed by atoms with Gasteiger partial charge in [-0.05, 0) is 12.6 Å². The molecule has 0 aromatic heterocycles. The minimum atomic E-state index is -0.164. The lowest BCUT2D eigenvalue weighted by Gasteiger charge is -2.23. The Bertz CT molecular complexity index is 223. The maximum absolute atomic E-state index is 11.4. The molecule has 0 aromatic carbocycles. The Kier molecular flexibility index (Phi) is 3.52. The molecule has 0 radical (unpaired) electrons. The lowest BCUT2D eigenvalue weighted by atomic mass is 10.2. The van der Waals surface area contributed by atoms with E-state index in [4.69, 9.17) is 4.74 Å². The minimum Gasteiger partial charge on any atom is -0.458 e. The lowest BCUT2D eigenvalue weighted by Crippen LogP contribution is -2.39. The number of esters is 1. The van der Waals surface area contributed by atoms with Crippen molar-refractivity contribution >= 4 is 5.97 Å². The number of hydrogen-bond acceptors (Lipinski definition) is 3. The standard InChI is InChI=1S/C10H19N2O2/c1-12(2,3)7-8-14-10(13)9-5-4-6-11-9/h4,6,9,11H,5,7-8H2,1-3H3/q+1. The molecular formula is C10H19N2O2+. The summed E-state index contributed by atoms with van der Waals surface area (Å²) in [5.41, 5.74) is 0. The molecule has 80 valence electrons. The monoisotopic (exact) mass is 199 g/mol. The Balaban J connectivity index is 2.15. The van der Waals surface area contributed by atoms with Gasteiger partial charge in [0.15, 0.2) is 0 Å². The molecule has 0 aliphatic carbocycles. The summed E-state index contributed by atoms with van der Waals surface area (Å²) < 4.78 is 5.95. The Labute approximate surface area is 85.1 Å². The summed E-state index contributed by atoms with van der Waals surface area (Å²) in [6.07, 6.45) is 4.47. The van der Waals surface area contributed by atoms with E-state index in [0.717, 1.165) is 17.4 Å². The van der Waals surface area contributed by atoms with Crippen LogP contribution < -0.4 is 5.32 Å².